The Bertz CT molecular complexity index is 3450. The summed E-state index contributed by atoms with van der Waals surface area (Å²) in [6.07, 6.45) is 0. The topological polar surface area (TPSA) is 0 Å². The molecule has 0 saturated heterocycles. The van der Waals surface area contributed by atoms with E-state index in [9.17, 15) is 0 Å². The standard InChI is InChI=1S/C52H30S2/c1-2-12-33-28-35(21-20-31(33)10-1)34-13-9-14-36(29-34)48-39-16-5-7-18-41(39)49(42-19-8-6-17-40(42)48)37-23-25-45-44(30-37)51-46(53-45)26-27-47-50(51)43-24-22-32-11-3-4-15-38(32)52(43)54-47/h1-30H. The summed E-state index contributed by atoms with van der Waals surface area (Å²) in [5.41, 5.74) is 7.54. The first kappa shape index (κ1) is 30.2. The predicted octanol–water partition coefficient (Wildman–Crippen LogP) is 16.0. The minimum atomic E-state index is 1.23. The molecule has 2 aromatic heterocycles. The third-order valence-electron chi connectivity index (χ3n) is 11.4. The van der Waals surface area contributed by atoms with Crippen LogP contribution in [0.2, 0.25) is 0 Å². The van der Waals surface area contributed by atoms with Gasteiger partial charge in [-0.1, -0.05) is 146 Å². The van der Waals surface area contributed by atoms with Gasteiger partial charge in [0.15, 0.2) is 0 Å². The predicted molar refractivity (Wildman–Crippen MR) is 239 cm³/mol. The molecule has 0 radical (unpaired) electrons. The minimum Gasteiger partial charge on any atom is -0.135 e. The highest BCUT2D eigenvalue weighted by atomic mass is 32.1. The van der Waals surface area contributed by atoms with Crippen LogP contribution in [-0.4, -0.2) is 0 Å². The Morgan fingerprint density at radius 1 is 0.259 bits per heavy atom. The van der Waals surface area contributed by atoms with E-state index in [2.05, 4.69) is 182 Å². The van der Waals surface area contributed by atoms with E-state index in [1.165, 1.54) is 117 Å². The molecule has 0 unspecified atom stereocenters. The molecule has 12 rings (SSSR count). The molecule has 0 nitrogen and oxygen atoms in total. The van der Waals surface area contributed by atoms with Crippen LogP contribution >= 0.6 is 22.7 Å². The van der Waals surface area contributed by atoms with Crippen molar-refractivity contribution in [2.45, 2.75) is 0 Å². The molecule has 0 aliphatic heterocycles. The molecule has 0 atom stereocenters. The van der Waals surface area contributed by atoms with Gasteiger partial charge in [-0.05, 0) is 113 Å². The number of fused-ring (bicyclic) bond motifs is 12. The second-order valence-corrected chi connectivity index (χ2v) is 16.5. The lowest BCUT2D eigenvalue weighted by Crippen LogP contribution is -1.91. The van der Waals surface area contributed by atoms with Gasteiger partial charge in [0, 0.05) is 40.3 Å². The highest BCUT2D eigenvalue weighted by molar-refractivity contribution is 7.28. The fourth-order valence-electron chi connectivity index (χ4n) is 8.99. The van der Waals surface area contributed by atoms with Crippen LogP contribution in [0.3, 0.4) is 0 Å². The first-order valence-electron chi connectivity index (χ1n) is 18.5. The zero-order valence-corrected chi connectivity index (χ0v) is 30.8. The number of rotatable bonds is 3. The lowest BCUT2D eigenvalue weighted by molar-refractivity contribution is 1.63. The molecule has 10 aromatic carbocycles. The van der Waals surface area contributed by atoms with Gasteiger partial charge in [0.1, 0.15) is 0 Å². The summed E-state index contributed by atoms with van der Waals surface area (Å²) >= 11 is 3.83. The molecule has 0 aliphatic carbocycles. The van der Waals surface area contributed by atoms with Crippen molar-refractivity contribution in [2.75, 3.05) is 0 Å². The van der Waals surface area contributed by atoms with Crippen molar-refractivity contribution in [3.05, 3.63) is 182 Å². The summed E-state index contributed by atoms with van der Waals surface area (Å²) < 4.78 is 5.41. The van der Waals surface area contributed by atoms with Gasteiger partial charge in [-0.2, -0.15) is 0 Å². The van der Waals surface area contributed by atoms with Crippen molar-refractivity contribution in [1.29, 1.82) is 0 Å². The fraction of sp³-hybridized carbons (Fsp3) is 0. The molecule has 12 aromatic rings. The maximum absolute atomic E-state index is 2.48. The van der Waals surface area contributed by atoms with Crippen LogP contribution in [0.25, 0.3) is 117 Å². The molecule has 250 valence electrons. The summed E-state index contributed by atoms with van der Waals surface area (Å²) in [7, 11) is 0. The van der Waals surface area contributed by atoms with Crippen LogP contribution in [0.15, 0.2) is 182 Å². The van der Waals surface area contributed by atoms with Gasteiger partial charge in [-0.15, -0.1) is 22.7 Å². The Morgan fingerprint density at radius 3 is 1.52 bits per heavy atom. The third-order valence-corrected chi connectivity index (χ3v) is 13.8. The maximum atomic E-state index is 2.48. The van der Waals surface area contributed by atoms with Crippen molar-refractivity contribution in [3.63, 3.8) is 0 Å². The molecule has 0 amide bonds. The van der Waals surface area contributed by atoms with Crippen LogP contribution in [0.1, 0.15) is 0 Å². The first-order valence-corrected chi connectivity index (χ1v) is 20.1. The lowest BCUT2D eigenvalue weighted by Gasteiger charge is -2.18. The van der Waals surface area contributed by atoms with Crippen LogP contribution in [-0.2, 0) is 0 Å². The average molecular weight is 719 g/mol. The molecule has 0 fully saturated rings. The fourth-order valence-corrected chi connectivity index (χ4v) is 11.3. The summed E-state index contributed by atoms with van der Waals surface area (Å²) in [6.45, 7) is 0. The third kappa shape index (κ3) is 4.42. The second kappa shape index (κ2) is 11.6. The zero-order valence-electron chi connectivity index (χ0n) is 29.1. The highest BCUT2D eigenvalue weighted by Crippen LogP contribution is 2.49. The SMILES string of the molecule is c1cc(-c2ccc3ccccc3c2)cc(-c2c3ccccc3c(-c3ccc4sc5ccc6sc7c8ccccc8ccc7c6c5c4c3)c3ccccc23)c1. The van der Waals surface area contributed by atoms with Gasteiger partial charge < -0.3 is 0 Å². The molecule has 2 heteroatoms. The Balaban J connectivity index is 1.10. The zero-order chi connectivity index (χ0) is 35.3. The Labute approximate surface area is 319 Å². The van der Waals surface area contributed by atoms with E-state index < -0.39 is 0 Å². The Morgan fingerprint density at radius 2 is 0.778 bits per heavy atom. The number of hydrogen-bond donors (Lipinski definition) is 0. The van der Waals surface area contributed by atoms with E-state index >= 15 is 0 Å². The highest BCUT2D eigenvalue weighted by Gasteiger charge is 2.20. The van der Waals surface area contributed by atoms with Crippen molar-refractivity contribution >= 4 is 106 Å². The molecule has 0 bridgehead atoms. The molecular weight excluding hydrogens is 689 g/mol. The molecule has 0 saturated carbocycles. The van der Waals surface area contributed by atoms with Crippen molar-refractivity contribution in [1.82, 2.24) is 0 Å². The quantitative estimate of drug-likeness (QED) is 0.160. The average Bonchev–Trinajstić information content (AvgIpc) is 3.81. The van der Waals surface area contributed by atoms with E-state index in [-0.39, 0.29) is 0 Å². The summed E-state index contributed by atoms with van der Waals surface area (Å²) in [6, 6.07) is 67.8. The lowest BCUT2D eigenvalue weighted by atomic mass is 9.85. The summed E-state index contributed by atoms with van der Waals surface area (Å²) in [4.78, 5) is 0. The Hall–Kier alpha value is -6.32. The summed E-state index contributed by atoms with van der Waals surface area (Å²) in [5, 5.41) is 15.7. The van der Waals surface area contributed by atoms with E-state index in [1.54, 1.807) is 0 Å². The van der Waals surface area contributed by atoms with Crippen LogP contribution < -0.4 is 0 Å². The number of hydrogen-bond acceptors (Lipinski definition) is 2. The normalized spacial score (nSPS) is 12.1. The van der Waals surface area contributed by atoms with Gasteiger partial charge in [0.2, 0.25) is 0 Å². The van der Waals surface area contributed by atoms with Crippen LogP contribution in [0.4, 0.5) is 0 Å². The van der Waals surface area contributed by atoms with Gasteiger partial charge in [0.05, 0.1) is 0 Å². The molecular formula is C52H30S2. The maximum Gasteiger partial charge on any atom is 0.0434 e. The number of benzene rings is 10. The van der Waals surface area contributed by atoms with Crippen LogP contribution in [0, 0.1) is 0 Å². The van der Waals surface area contributed by atoms with Crippen molar-refractivity contribution in [3.8, 4) is 33.4 Å². The van der Waals surface area contributed by atoms with Crippen molar-refractivity contribution < 1.29 is 0 Å². The number of thiophene rings is 2. The second-order valence-electron chi connectivity index (χ2n) is 14.4. The smallest absolute Gasteiger partial charge is 0.0434 e. The van der Waals surface area contributed by atoms with Crippen LogP contribution in [0.5, 0.6) is 0 Å². The Kier molecular flexibility index (Phi) is 6.48. The van der Waals surface area contributed by atoms with Gasteiger partial charge in [-0.3, -0.25) is 0 Å². The van der Waals surface area contributed by atoms with E-state index in [0.29, 0.717) is 0 Å². The largest absolute Gasteiger partial charge is 0.135 e. The molecule has 0 N–H and O–H groups in total. The van der Waals surface area contributed by atoms with Crippen molar-refractivity contribution in [2.24, 2.45) is 0 Å². The first-order chi connectivity index (χ1) is 26.8. The summed E-state index contributed by atoms with van der Waals surface area (Å²) in [5.74, 6) is 0. The molecule has 0 spiro atoms. The monoisotopic (exact) mass is 718 g/mol. The molecule has 2 heterocycles. The van der Waals surface area contributed by atoms with Gasteiger partial charge >= 0.3 is 0 Å². The molecule has 0 aliphatic rings. The van der Waals surface area contributed by atoms with E-state index in [4.69, 9.17) is 0 Å². The van der Waals surface area contributed by atoms with E-state index in [1.807, 2.05) is 22.7 Å². The van der Waals surface area contributed by atoms with Gasteiger partial charge in [0.25, 0.3) is 0 Å². The molecule has 54 heavy (non-hydrogen) atoms. The van der Waals surface area contributed by atoms with E-state index in [0.717, 1.165) is 0 Å². The van der Waals surface area contributed by atoms with Gasteiger partial charge in [-0.25, -0.2) is 0 Å². The minimum absolute atomic E-state index is 1.23.